The summed E-state index contributed by atoms with van der Waals surface area (Å²) in [5.74, 6) is -2.82. The van der Waals surface area contributed by atoms with Crippen molar-refractivity contribution in [2.24, 2.45) is 10.9 Å². The summed E-state index contributed by atoms with van der Waals surface area (Å²) < 4.78 is 27.5. The highest BCUT2D eigenvalue weighted by molar-refractivity contribution is 6.05. The van der Waals surface area contributed by atoms with Crippen molar-refractivity contribution in [2.45, 2.75) is 60.9 Å². The second-order valence-electron chi connectivity index (χ2n) is 7.80. The Labute approximate surface area is 184 Å². The van der Waals surface area contributed by atoms with E-state index in [0.29, 0.717) is 17.7 Å². The van der Waals surface area contributed by atoms with Crippen LogP contribution in [-0.4, -0.2) is 11.6 Å². The summed E-state index contributed by atoms with van der Waals surface area (Å²) >= 11 is 0. The lowest BCUT2D eigenvalue weighted by Gasteiger charge is -2.17. The van der Waals surface area contributed by atoms with Crippen LogP contribution in [0.15, 0.2) is 47.5 Å². The van der Waals surface area contributed by atoms with Crippen LogP contribution in [-0.2, 0) is 12.5 Å². The minimum Gasteiger partial charge on any atom is -0.348 e. The van der Waals surface area contributed by atoms with Crippen LogP contribution in [0.2, 0.25) is 0 Å². The van der Waals surface area contributed by atoms with Crippen LogP contribution in [0, 0.1) is 12.8 Å². The molecule has 0 fully saturated rings. The molecule has 5 heteroatoms. The van der Waals surface area contributed by atoms with Crippen LogP contribution in [0.4, 0.5) is 8.78 Å². The van der Waals surface area contributed by atoms with E-state index in [2.05, 4.69) is 5.32 Å². The number of allylic oxidation sites excluding steroid dienone is 1. The number of amides is 1. The number of carbonyl (C=O) groups is 1. The Kier molecular flexibility index (Phi) is 7.88. The molecule has 2 aromatic rings. The third kappa shape index (κ3) is 5.46. The largest absolute Gasteiger partial charge is 0.348 e. The molecule has 0 saturated heterocycles. The van der Waals surface area contributed by atoms with Gasteiger partial charge in [0.2, 0.25) is 0 Å². The van der Waals surface area contributed by atoms with Crippen molar-refractivity contribution in [3.05, 3.63) is 75.9 Å². The Bertz CT molecular complexity index is 1010. The number of nitrogens with one attached hydrogen (secondary N) is 1. The van der Waals surface area contributed by atoms with Crippen LogP contribution in [0.5, 0.6) is 0 Å². The highest BCUT2D eigenvalue weighted by Gasteiger charge is 2.26. The number of aliphatic imine (C=N–C) groups is 1. The molecule has 166 valence electrons. The van der Waals surface area contributed by atoms with Gasteiger partial charge in [0.25, 0.3) is 11.8 Å². The number of hydrogen-bond donors (Lipinski definition) is 1. The molecule has 1 amide bonds. The van der Waals surface area contributed by atoms with Crippen molar-refractivity contribution < 1.29 is 13.6 Å². The Morgan fingerprint density at radius 1 is 1.13 bits per heavy atom. The predicted molar refractivity (Wildman–Crippen MR) is 125 cm³/mol. The molecule has 0 spiro atoms. The van der Waals surface area contributed by atoms with E-state index in [9.17, 15) is 13.6 Å². The quantitative estimate of drug-likeness (QED) is 0.520. The molecule has 0 bridgehead atoms. The molecule has 0 unspecified atom stereocenters. The normalized spacial score (nSPS) is 14.2. The van der Waals surface area contributed by atoms with Crippen molar-refractivity contribution in [3.8, 4) is 0 Å². The Hall–Kier alpha value is -2.82. The number of fused-ring (bicyclic) bond motifs is 1. The lowest BCUT2D eigenvalue weighted by atomic mass is 9.94. The maximum Gasteiger partial charge on any atom is 0.270 e. The molecule has 1 N–H and O–H groups in total. The second-order valence-corrected chi connectivity index (χ2v) is 7.80. The summed E-state index contributed by atoms with van der Waals surface area (Å²) in [6.45, 7) is 13.1. The number of benzene rings is 2. The van der Waals surface area contributed by atoms with Gasteiger partial charge in [-0.1, -0.05) is 52.0 Å². The number of rotatable bonds is 5. The first-order chi connectivity index (χ1) is 14.6. The van der Waals surface area contributed by atoms with E-state index in [4.69, 9.17) is 4.99 Å². The van der Waals surface area contributed by atoms with Gasteiger partial charge in [0.1, 0.15) is 0 Å². The molecule has 3 rings (SSSR count). The van der Waals surface area contributed by atoms with E-state index in [1.54, 1.807) is 19.1 Å². The average molecular weight is 427 g/mol. The Morgan fingerprint density at radius 2 is 1.77 bits per heavy atom. The maximum absolute atomic E-state index is 13.8. The number of aryl methyl sites for hydroxylation is 1. The molecular weight excluding hydrogens is 394 g/mol. The van der Waals surface area contributed by atoms with E-state index in [1.165, 1.54) is 6.07 Å². The van der Waals surface area contributed by atoms with Crippen LogP contribution in [0.25, 0.3) is 5.70 Å². The highest BCUT2D eigenvalue weighted by Crippen LogP contribution is 2.31. The van der Waals surface area contributed by atoms with Crippen molar-refractivity contribution in [2.75, 3.05) is 0 Å². The molecule has 2 aromatic carbocycles. The summed E-state index contributed by atoms with van der Waals surface area (Å²) in [6.07, 6.45) is 1.93. The molecule has 1 aliphatic heterocycles. The standard InChI is InChI=1S/C24H26F2N2O.C2H6/c1-6-21(16-7-9-19-18(12-16)13-27-23(19)29)28-22(14(2)3)17-8-10-20(15(4)11-17)24(5,25)26;1-2/h6-12,14H,13H2,1-5H3,(H,27,29);1-2H3/b21-6-,28-22?;. The van der Waals surface area contributed by atoms with Crippen molar-refractivity contribution in [1.29, 1.82) is 0 Å². The molecule has 0 aliphatic carbocycles. The smallest absolute Gasteiger partial charge is 0.270 e. The number of hydrogen-bond acceptors (Lipinski definition) is 2. The fourth-order valence-corrected chi connectivity index (χ4v) is 3.66. The number of halogens is 2. The van der Waals surface area contributed by atoms with Gasteiger partial charge >= 0.3 is 0 Å². The molecule has 3 nitrogen and oxygen atoms in total. The lowest BCUT2D eigenvalue weighted by molar-refractivity contribution is 0.0168. The van der Waals surface area contributed by atoms with Gasteiger partial charge in [0.05, 0.1) is 11.4 Å². The molecule has 0 atom stereocenters. The first kappa shape index (κ1) is 24.4. The number of nitrogens with zero attached hydrogens (tertiary/aromatic N) is 1. The summed E-state index contributed by atoms with van der Waals surface area (Å²) in [6, 6.07) is 10.7. The SMILES string of the molecule is C/C=C(\N=C(c1ccc(C(C)(F)F)c(C)c1)C(C)C)c1ccc2c(c1)CNC2=O.CC. The fourth-order valence-electron chi connectivity index (χ4n) is 3.66. The second kappa shape index (κ2) is 9.99. The van der Waals surface area contributed by atoms with E-state index in [1.807, 2.05) is 58.9 Å². The lowest BCUT2D eigenvalue weighted by Crippen LogP contribution is -2.13. The summed E-state index contributed by atoms with van der Waals surface area (Å²) in [4.78, 5) is 16.7. The van der Waals surface area contributed by atoms with Gasteiger partial charge < -0.3 is 5.32 Å². The van der Waals surface area contributed by atoms with E-state index in [-0.39, 0.29) is 17.4 Å². The van der Waals surface area contributed by atoms with Gasteiger partial charge in [-0.05, 0) is 54.7 Å². The topological polar surface area (TPSA) is 41.5 Å². The fraction of sp³-hybridized carbons (Fsp3) is 0.385. The zero-order chi connectivity index (χ0) is 23.3. The molecule has 31 heavy (non-hydrogen) atoms. The van der Waals surface area contributed by atoms with E-state index >= 15 is 0 Å². The van der Waals surface area contributed by atoms with Gasteiger partial charge in [-0.15, -0.1) is 0 Å². The summed E-state index contributed by atoms with van der Waals surface area (Å²) in [5, 5.41) is 2.82. The van der Waals surface area contributed by atoms with Crippen LogP contribution < -0.4 is 5.32 Å². The summed E-state index contributed by atoms with van der Waals surface area (Å²) in [7, 11) is 0. The highest BCUT2D eigenvalue weighted by atomic mass is 19.3. The minimum atomic E-state index is -2.87. The average Bonchev–Trinajstić information content (AvgIpc) is 3.09. The van der Waals surface area contributed by atoms with Gasteiger partial charge in [-0.2, -0.15) is 0 Å². The third-order valence-electron chi connectivity index (χ3n) is 5.14. The first-order valence-electron chi connectivity index (χ1n) is 10.8. The molecule has 0 radical (unpaired) electrons. The van der Waals surface area contributed by atoms with Crippen LogP contribution in [0.1, 0.15) is 79.7 Å². The van der Waals surface area contributed by atoms with Gasteiger partial charge in [0, 0.05) is 30.2 Å². The van der Waals surface area contributed by atoms with Gasteiger partial charge in [0.15, 0.2) is 0 Å². The van der Waals surface area contributed by atoms with Crippen LogP contribution in [0.3, 0.4) is 0 Å². The zero-order valence-electron chi connectivity index (χ0n) is 19.4. The summed E-state index contributed by atoms with van der Waals surface area (Å²) in [5.41, 5.74) is 5.62. The number of alkyl halides is 2. The predicted octanol–water partition coefficient (Wildman–Crippen LogP) is 6.88. The van der Waals surface area contributed by atoms with Gasteiger partial charge in [-0.3, -0.25) is 9.79 Å². The monoisotopic (exact) mass is 426 g/mol. The van der Waals surface area contributed by atoms with E-state index in [0.717, 1.165) is 35.0 Å². The zero-order valence-corrected chi connectivity index (χ0v) is 19.4. The minimum absolute atomic E-state index is 0.0337. The molecule has 1 heterocycles. The van der Waals surface area contributed by atoms with Gasteiger partial charge in [-0.25, -0.2) is 8.78 Å². The van der Waals surface area contributed by atoms with Crippen LogP contribution >= 0.6 is 0 Å². The molecular formula is C26H32F2N2O. The Morgan fingerprint density at radius 3 is 2.32 bits per heavy atom. The van der Waals surface area contributed by atoms with Crippen molar-refractivity contribution in [3.63, 3.8) is 0 Å². The third-order valence-corrected chi connectivity index (χ3v) is 5.14. The maximum atomic E-state index is 13.8. The van der Waals surface area contributed by atoms with E-state index < -0.39 is 5.92 Å². The molecule has 1 aliphatic rings. The first-order valence-corrected chi connectivity index (χ1v) is 10.8. The van der Waals surface area contributed by atoms with Crippen molar-refractivity contribution >= 4 is 17.3 Å². The molecule has 0 saturated carbocycles. The van der Waals surface area contributed by atoms with Crippen molar-refractivity contribution in [1.82, 2.24) is 5.32 Å². The number of carbonyl (C=O) groups excluding carboxylic acids is 1. The molecule has 0 aromatic heterocycles. The Balaban J connectivity index is 0.00000166.